The molecule has 0 aliphatic rings. The van der Waals surface area contributed by atoms with E-state index in [0.717, 1.165) is 24.1 Å². The number of benzene rings is 2. The van der Waals surface area contributed by atoms with Crippen LogP contribution in [0.1, 0.15) is 41.8 Å². The molecule has 28 heavy (non-hydrogen) atoms. The van der Waals surface area contributed by atoms with Crippen molar-refractivity contribution in [1.82, 2.24) is 5.32 Å². The molecule has 1 amide bonds. The topological polar surface area (TPSA) is 55.4 Å². The molecule has 7 heteroatoms. The zero-order valence-corrected chi connectivity index (χ0v) is 15.6. The summed E-state index contributed by atoms with van der Waals surface area (Å²) in [6.45, 7) is 3.22. The summed E-state index contributed by atoms with van der Waals surface area (Å²) in [5.74, 6) is -1.48. The summed E-state index contributed by atoms with van der Waals surface area (Å²) in [6.07, 6.45) is -4.21. The summed E-state index contributed by atoms with van der Waals surface area (Å²) >= 11 is 0. The number of alkyl halides is 3. The molecule has 2 aromatic rings. The van der Waals surface area contributed by atoms with Gasteiger partial charge >= 0.3 is 12.1 Å². The van der Waals surface area contributed by atoms with Gasteiger partial charge in [0.1, 0.15) is 0 Å². The molecule has 0 saturated carbocycles. The molecule has 0 spiro atoms. The maximum atomic E-state index is 12.7. The van der Waals surface area contributed by atoms with E-state index in [-0.39, 0.29) is 11.6 Å². The Morgan fingerprint density at radius 3 is 2.36 bits per heavy atom. The lowest BCUT2D eigenvalue weighted by atomic mass is 10.1. The number of aryl methyl sites for hydroxylation is 1. The Morgan fingerprint density at radius 2 is 1.71 bits per heavy atom. The summed E-state index contributed by atoms with van der Waals surface area (Å²) < 4.78 is 43.2. The fourth-order valence-corrected chi connectivity index (χ4v) is 2.56. The van der Waals surface area contributed by atoms with E-state index >= 15 is 0 Å². The van der Waals surface area contributed by atoms with E-state index in [9.17, 15) is 22.8 Å². The van der Waals surface area contributed by atoms with E-state index < -0.39 is 29.7 Å². The number of carbonyl (C=O) groups excluding carboxylic acids is 2. The Morgan fingerprint density at radius 1 is 1.04 bits per heavy atom. The van der Waals surface area contributed by atoms with Crippen LogP contribution < -0.4 is 5.32 Å². The predicted octanol–water partition coefficient (Wildman–Crippen LogP) is 4.39. The van der Waals surface area contributed by atoms with Crippen molar-refractivity contribution in [2.75, 3.05) is 0 Å². The summed E-state index contributed by atoms with van der Waals surface area (Å²) in [5.41, 5.74) is -0.0622. The molecule has 0 saturated heterocycles. The number of nitrogens with one attached hydrogen (secondary N) is 1. The van der Waals surface area contributed by atoms with Gasteiger partial charge in [0.05, 0.1) is 11.1 Å². The van der Waals surface area contributed by atoms with Gasteiger partial charge in [0.25, 0.3) is 5.91 Å². The molecule has 0 unspecified atom stereocenters. The van der Waals surface area contributed by atoms with Gasteiger partial charge in [0.2, 0.25) is 0 Å². The molecule has 0 bridgehead atoms. The first kappa shape index (κ1) is 21.5. The highest BCUT2D eigenvalue weighted by molar-refractivity contribution is 5.92. The highest BCUT2D eigenvalue weighted by Gasteiger charge is 2.31. The molecule has 4 nitrogen and oxygen atoms in total. The van der Waals surface area contributed by atoms with Crippen LogP contribution in [0.25, 0.3) is 0 Å². The van der Waals surface area contributed by atoms with Gasteiger partial charge in [-0.2, -0.15) is 13.2 Å². The fraction of sp³-hybridized carbons (Fsp3) is 0.333. The molecule has 0 fully saturated rings. The van der Waals surface area contributed by atoms with Gasteiger partial charge in [0.15, 0.2) is 6.10 Å². The SMILES string of the molecule is C[C@@H](CCc1ccccc1)NC(=O)[C@@H](C)OC(=O)c1cccc(C(F)(F)F)c1. The third-order valence-corrected chi connectivity index (χ3v) is 4.18. The smallest absolute Gasteiger partial charge is 0.416 e. The van der Waals surface area contributed by atoms with Gasteiger partial charge in [-0.05, 0) is 50.5 Å². The van der Waals surface area contributed by atoms with Crippen LogP contribution in [0.2, 0.25) is 0 Å². The minimum absolute atomic E-state index is 0.151. The first-order valence-corrected chi connectivity index (χ1v) is 8.89. The lowest BCUT2D eigenvalue weighted by molar-refractivity contribution is -0.137. The maximum Gasteiger partial charge on any atom is 0.416 e. The Kier molecular flexibility index (Phi) is 7.20. The summed E-state index contributed by atoms with van der Waals surface area (Å²) in [4.78, 5) is 24.3. The molecule has 0 radical (unpaired) electrons. The standard InChI is InChI=1S/C21H22F3NO3/c1-14(11-12-16-7-4-3-5-8-16)25-19(26)15(2)28-20(27)17-9-6-10-18(13-17)21(22,23)24/h3-10,13-15H,11-12H2,1-2H3,(H,25,26)/t14-,15+/m0/s1. The molecule has 150 valence electrons. The number of halogens is 3. The van der Waals surface area contributed by atoms with Crippen molar-refractivity contribution in [1.29, 1.82) is 0 Å². The number of ether oxygens (including phenoxy) is 1. The Labute approximate surface area is 161 Å². The van der Waals surface area contributed by atoms with Crippen LogP contribution in [0, 0.1) is 0 Å². The van der Waals surface area contributed by atoms with Crippen LogP contribution in [0.5, 0.6) is 0 Å². The summed E-state index contributed by atoms with van der Waals surface area (Å²) in [6, 6.07) is 13.5. The monoisotopic (exact) mass is 393 g/mol. The average Bonchev–Trinajstić information content (AvgIpc) is 2.66. The van der Waals surface area contributed by atoms with Gasteiger partial charge in [-0.1, -0.05) is 36.4 Å². The van der Waals surface area contributed by atoms with E-state index in [1.165, 1.54) is 13.0 Å². The fourth-order valence-electron chi connectivity index (χ4n) is 2.56. The first-order valence-electron chi connectivity index (χ1n) is 8.89. The number of carbonyl (C=O) groups is 2. The first-order chi connectivity index (χ1) is 13.2. The van der Waals surface area contributed by atoms with Gasteiger partial charge in [-0.15, -0.1) is 0 Å². The Bertz CT molecular complexity index is 806. The largest absolute Gasteiger partial charge is 0.449 e. The van der Waals surface area contributed by atoms with E-state index in [4.69, 9.17) is 4.74 Å². The second-order valence-electron chi connectivity index (χ2n) is 6.56. The number of amides is 1. The average molecular weight is 393 g/mol. The molecule has 0 aliphatic heterocycles. The Hall–Kier alpha value is -2.83. The van der Waals surface area contributed by atoms with Crippen LogP contribution in [0.3, 0.4) is 0 Å². The van der Waals surface area contributed by atoms with Crippen LogP contribution in [-0.4, -0.2) is 24.0 Å². The van der Waals surface area contributed by atoms with Crippen LogP contribution in [-0.2, 0) is 22.1 Å². The van der Waals surface area contributed by atoms with Gasteiger partial charge in [-0.3, -0.25) is 4.79 Å². The van der Waals surface area contributed by atoms with Crippen molar-refractivity contribution < 1.29 is 27.5 Å². The molecular weight excluding hydrogens is 371 g/mol. The van der Waals surface area contributed by atoms with E-state index in [2.05, 4.69) is 5.32 Å². The van der Waals surface area contributed by atoms with Crippen molar-refractivity contribution in [2.24, 2.45) is 0 Å². The molecular formula is C21H22F3NO3. The summed E-state index contributed by atoms with van der Waals surface area (Å²) in [7, 11) is 0. The second kappa shape index (κ2) is 9.39. The third-order valence-electron chi connectivity index (χ3n) is 4.18. The van der Waals surface area contributed by atoms with E-state index in [0.29, 0.717) is 12.5 Å². The lowest BCUT2D eigenvalue weighted by Crippen LogP contribution is -2.41. The minimum Gasteiger partial charge on any atom is -0.449 e. The maximum absolute atomic E-state index is 12.7. The molecule has 0 heterocycles. The van der Waals surface area contributed by atoms with Crippen molar-refractivity contribution in [3.8, 4) is 0 Å². The summed E-state index contributed by atoms with van der Waals surface area (Å²) in [5, 5.41) is 2.75. The van der Waals surface area contributed by atoms with Gasteiger partial charge in [0, 0.05) is 6.04 Å². The molecule has 2 atom stereocenters. The third kappa shape index (κ3) is 6.40. The molecule has 2 aromatic carbocycles. The zero-order chi connectivity index (χ0) is 20.7. The quantitative estimate of drug-likeness (QED) is 0.710. The Balaban J connectivity index is 1.86. The number of esters is 1. The normalized spacial score (nSPS) is 13.5. The molecule has 1 N–H and O–H groups in total. The van der Waals surface area contributed by atoms with Crippen LogP contribution in [0.4, 0.5) is 13.2 Å². The van der Waals surface area contributed by atoms with Crippen LogP contribution >= 0.6 is 0 Å². The zero-order valence-electron chi connectivity index (χ0n) is 15.6. The van der Waals surface area contributed by atoms with Crippen molar-refractivity contribution in [2.45, 2.75) is 45.0 Å². The van der Waals surface area contributed by atoms with E-state index in [1.807, 2.05) is 37.3 Å². The highest BCUT2D eigenvalue weighted by atomic mass is 19.4. The van der Waals surface area contributed by atoms with Crippen molar-refractivity contribution >= 4 is 11.9 Å². The number of hydrogen-bond donors (Lipinski definition) is 1. The predicted molar refractivity (Wildman–Crippen MR) is 98.7 cm³/mol. The second-order valence-corrected chi connectivity index (χ2v) is 6.56. The number of hydrogen-bond acceptors (Lipinski definition) is 3. The van der Waals surface area contributed by atoms with Gasteiger partial charge in [-0.25, -0.2) is 4.79 Å². The minimum atomic E-state index is -4.56. The molecule has 0 aromatic heterocycles. The van der Waals surface area contributed by atoms with Gasteiger partial charge < -0.3 is 10.1 Å². The number of rotatable bonds is 7. The van der Waals surface area contributed by atoms with Crippen LogP contribution in [0.15, 0.2) is 54.6 Å². The van der Waals surface area contributed by atoms with Crippen molar-refractivity contribution in [3.63, 3.8) is 0 Å². The highest BCUT2D eigenvalue weighted by Crippen LogP contribution is 2.29. The van der Waals surface area contributed by atoms with Crippen molar-refractivity contribution in [3.05, 3.63) is 71.3 Å². The molecule has 2 rings (SSSR count). The molecule has 0 aliphatic carbocycles. The lowest BCUT2D eigenvalue weighted by Gasteiger charge is -2.18. The van der Waals surface area contributed by atoms with E-state index in [1.54, 1.807) is 0 Å².